The average Bonchev–Trinajstić information content (AvgIpc) is 2.25. The number of carbonyl (C=O) groups is 2. The first-order valence-electron chi connectivity index (χ1n) is 5.63. The van der Waals surface area contributed by atoms with E-state index in [4.69, 9.17) is 10.8 Å². The number of anilines is 1. The zero-order valence-corrected chi connectivity index (χ0v) is 9.72. The van der Waals surface area contributed by atoms with Gasteiger partial charge >= 0.3 is 5.97 Å². The van der Waals surface area contributed by atoms with E-state index in [1.54, 1.807) is 0 Å². The largest absolute Gasteiger partial charge is 0.481 e. The zero-order chi connectivity index (χ0) is 13.2. The van der Waals surface area contributed by atoms with E-state index in [1.807, 2.05) is 0 Å². The average molecular weight is 250 g/mol. The van der Waals surface area contributed by atoms with E-state index in [1.165, 1.54) is 12.4 Å². The molecule has 0 atom stereocenters. The number of aromatic nitrogens is 2. The molecule has 7 heteroatoms. The summed E-state index contributed by atoms with van der Waals surface area (Å²) in [6, 6.07) is 0. The smallest absolute Gasteiger partial charge is 0.305 e. The first-order valence-corrected chi connectivity index (χ1v) is 5.63. The van der Waals surface area contributed by atoms with Crippen LogP contribution in [0, 0.1) is 0 Å². The van der Waals surface area contributed by atoms with Gasteiger partial charge in [-0.25, -0.2) is 9.97 Å². The summed E-state index contributed by atoms with van der Waals surface area (Å²) in [6.07, 6.45) is 4.90. The van der Waals surface area contributed by atoms with Crippen LogP contribution in [0.5, 0.6) is 0 Å². The highest BCUT2D eigenvalue weighted by atomic mass is 16.4. The maximum atomic E-state index is 12.0. The maximum Gasteiger partial charge on any atom is 0.305 e. The van der Waals surface area contributed by atoms with Gasteiger partial charge in [0, 0.05) is 12.4 Å². The molecule has 0 unspecified atom stereocenters. The van der Waals surface area contributed by atoms with Gasteiger partial charge in [-0.1, -0.05) is 0 Å². The molecule has 1 fully saturated rings. The quantitative estimate of drug-likeness (QED) is 0.701. The van der Waals surface area contributed by atoms with Gasteiger partial charge in [0.15, 0.2) is 11.5 Å². The second kappa shape index (κ2) is 4.59. The molecule has 18 heavy (non-hydrogen) atoms. The molecule has 0 aliphatic heterocycles. The molecule has 1 heterocycles. The number of nitrogen functional groups attached to an aromatic ring is 1. The van der Waals surface area contributed by atoms with Gasteiger partial charge in [0.25, 0.3) is 5.91 Å². The molecule has 1 aromatic rings. The van der Waals surface area contributed by atoms with E-state index in [2.05, 4.69) is 15.3 Å². The van der Waals surface area contributed by atoms with Crippen LogP contribution in [0.25, 0.3) is 0 Å². The fraction of sp³-hybridized carbons (Fsp3) is 0.455. The number of nitrogens with one attached hydrogen (secondary N) is 1. The van der Waals surface area contributed by atoms with Crippen molar-refractivity contribution in [1.82, 2.24) is 15.3 Å². The van der Waals surface area contributed by atoms with Gasteiger partial charge in [0.05, 0.1) is 12.0 Å². The zero-order valence-electron chi connectivity index (χ0n) is 9.72. The SMILES string of the molecule is Nc1nccnc1C(=O)NC1(CC(=O)O)CCC1. The van der Waals surface area contributed by atoms with Gasteiger partial charge < -0.3 is 16.2 Å². The summed E-state index contributed by atoms with van der Waals surface area (Å²) in [6.45, 7) is 0. The maximum absolute atomic E-state index is 12.0. The Labute approximate surface area is 103 Å². The molecular weight excluding hydrogens is 236 g/mol. The molecule has 0 aromatic carbocycles. The summed E-state index contributed by atoms with van der Waals surface area (Å²) >= 11 is 0. The van der Waals surface area contributed by atoms with Crippen molar-refractivity contribution in [1.29, 1.82) is 0 Å². The van der Waals surface area contributed by atoms with E-state index >= 15 is 0 Å². The van der Waals surface area contributed by atoms with Crippen molar-refractivity contribution in [2.75, 3.05) is 5.73 Å². The monoisotopic (exact) mass is 250 g/mol. The lowest BCUT2D eigenvalue weighted by molar-refractivity contribution is -0.139. The predicted molar refractivity (Wildman–Crippen MR) is 62.7 cm³/mol. The number of carbonyl (C=O) groups excluding carboxylic acids is 1. The minimum atomic E-state index is -0.929. The van der Waals surface area contributed by atoms with E-state index in [0.29, 0.717) is 12.8 Å². The Balaban J connectivity index is 2.11. The molecule has 0 bridgehead atoms. The van der Waals surface area contributed by atoms with Crippen LogP contribution in [0.3, 0.4) is 0 Å². The van der Waals surface area contributed by atoms with Crippen molar-refractivity contribution in [2.24, 2.45) is 0 Å². The van der Waals surface area contributed by atoms with Gasteiger partial charge in [0.2, 0.25) is 0 Å². The molecule has 1 amide bonds. The Morgan fingerprint density at radius 3 is 2.56 bits per heavy atom. The number of hydrogen-bond donors (Lipinski definition) is 3. The third-order valence-corrected chi connectivity index (χ3v) is 3.12. The van der Waals surface area contributed by atoms with Gasteiger partial charge in [-0.15, -0.1) is 0 Å². The highest BCUT2D eigenvalue weighted by molar-refractivity contribution is 5.97. The summed E-state index contributed by atoms with van der Waals surface area (Å²) in [5, 5.41) is 11.6. The van der Waals surface area contributed by atoms with Crippen molar-refractivity contribution >= 4 is 17.7 Å². The number of nitrogens with two attached hydrogens (primary N) is 1. The number of nitrogens with zero attached hydrogens (tertiary/aromatic N) is 2. The first-order chi connectivity index (χ1) is 8.52. The van der Waals surface area contributed by atoms with Crippen LogP contribution in [0.4, 0.5) is 5.82 Å². The molecule has 1 saturated carbocycles. The molecule has 0 saturated heterocycles. The van der Waals surface area contributed by atoms with E-state index < -0.39 is 17.4 Å². The lowest BCUT2D eigenvalue weighted by Gasteiger charge is -2.41. The lowest BCUT2D eigenvalue weighted by Crippen LogP contribution is -2.54. The second-order valence-electron chi connectivity index (χ2n) is 4.45. The summed E-state index contributed by atoms with van der Waals surface area (Å²) in [5.74, 6) is -1.36. The molecule has 1 aromatic heterocycles. The predicted octanol–water partition coefficient (Wildman–Crippen LogP) is 0.186. The summed E-state index contributed by atoms with van der Waals surface area (Å²) in [7, 11) is 0. The van der Waals surface area contributed by atoms with Crippen molar-refractivity contribution < 1.29 is 14.7 Å². The highest BCUT2D eigenvalue weighted by Crippen LogP contribution is 2.35. The third kappa shape index (κ3) is 2.39. The summed E-state index contributed by atoms with van der Waals surface area (Å²) in [4.78, 5) is 30.4. The molecule has 1 aliphatic carbocycles. The molecule has 96 valence electrons. The Hall–Kier alpha value is -2.18. The van der Waals surface area contributed by atoms with Gasteiger partial charge in [-0.05, 0) is 19.3 Å². The molecular formula is C11H14N4O3. The molecule has 0 spiro atoms. The van der Waals surface area contributed by atoms with Crippen molar-refractivity contribution in [3.8, 4) is 0 Å². The topological polar surface area (TPSA) is 118 Å². The van der Waals surface area contributed by atoms with Crippen LogP contribution < -0.4 is 11.1 Å². The summed E-state index contributed by atoms with van der Waals surface area (Å²) < 4.78 is 0. The van der Waals surface area contributed by atoms with Gasteiger partial charge in [-0.3, -0.25) is 9.59 Å². The van der Waals surface area contributed by atoms with E-state index in [-0.39, 0.29) is 17.9 Å². The lowest BCUT2D eigenvalue weighted by atomic mass is 9.74. The van der Waals surface area contributed by atoms with Crippen LogP contribution in [0.1, 0.15) is 36.2 Å². The Morgan fingerprint density at radius 2 is 2.06 bits per heavy atom. The van der Waals surface area contributed by atoms with Gasteiger partial charge in [-0.2, -0.15) is 0 Å². The minimum Gasteiger partial charge on any atom is -0.481 e. The third-order valence-electron chi connectivity index (χ3n) is 3.12. The fourth-order valence-corrected chi connectivity index (χ4v) is 2.06. The second-order valence-corrected chi connectivity index (χ2v) is 4.45. The van der Waals surface area contributed by atoms with Crippen LogP contribution >= 0.6 is 0 Å². The molecule has 1 aliphatic rings. The highest BCUT2D eigenvalue weighted by Gasteiger charge is 2.40. The Bertz CT molecular complexity index is 485. The van der Waals surface area contributed by atoms with Crippen LogP contribution in [-0.2, 0) is 4.79 Å². The normalized spacial score (nSPS) is 16.7. The van der Waals surface area contributed by atoms with Gasteiger partial charge in [0.1, 0.15) is 0 Å². The number of carboxylic acid groups (broad SMARTS) is 1. The number of amides is 1. The number of rotatable bonds is 4. The molecule has 4 N–H and O–H groups in total. The molecule has 2 rings (SSSR count). The first kappa shape index (κ1) is 12.3. The minimum absolute atomic E-state index is 0.0363. The van der Waals surface area contributed by atoms with Crippen LogP contribution in [0.15, 0.2) is 12.4 Å². The number of carboxylic acids is 1. The van der Waals surface area contributed by atoms with Crippen LogP contribution in [0.2, 0.25) is 0 Å². The number of hydrogen-bond acceptors (Lipinski definition) is 5. The van der Waals surface area contributed by atoms with Crippen molar-refractivity contribution in [2.45, 2.75) is 31.2 Å². The molecule has 7 nitrogen and oxygen atoms in total. The van der Waals surface area contributed by atoms with E-state index in [9.17, 15) is 9.59 Å². The number of aliphatic carboxylic acids is 1. The van der Waals surface area contributed by atoms with Crippen molar-refractivity contribution in [3.05, 3.63) is 18.1 Å². The van der Waals surface area contributed by atoms with Crippen molar-refractivity contribution in [3.63, 3.8) is 0 Å². The fourth-order valence-electron chi connectivity index (χ4n) is 2.06. The molecule has 0 radical (unpaired) electrons. The Morgan fingerprint density at radius 1 is 1.39 bits per heavy atom. The van der Waals surface area contributed by atoms with E-state index in [0.717, 1.165) is 6.42 Å². The van der Waals surface area contributed by atoms with Crippen LogP contribution in [-0.4, -0.2) is 32.5 Å². The summed E-state index contributed by atoms with van der Waals surface area (Å²) in [5.41, 5.74) is 4.93. The standard InChI is InChI=1S/C11H14N4O3/c12-9-8(13-4-5-14-9)10(18)15-11(2-1-3-11)6-7(16)17/h4-5H,1-3,6H2,(H2,12,14)(H,15,18)(H,16,17). The Kier molecular flexibility index (Phi) is 3.14.